The highest BCUT2D eigenvalue weighted by atomic mass is 79.9. The molecule has 2 N–H and O–H groups in total. The highest BCUT2D eigenvalue weighted by molar-refractivity contribution is 9.10. The number of nitro benzene ring substituents is 1. The van der Waals surface area contributed by atoms with E-state index in [2.05, 4.69) is 15.9 Å². The lowest BCUT2D eigenvalue weighted by Crippen LogP contribution is -2.03. The van der Waals surface area contributed by atoms with Gasteiger partial charge in [-0.05, 0) is 27.6 Å². The van der Waals surface area contributed by atoms with Gasteiger partial charge in [-0.1, -0.05) is 6.07 Å². The summed E-state index contributed by atoms with van der Waals surface area (Å²) in [7, 11) is 0. The van der Waals surface area contributed by atoms with Crippen LogP contribution in [-0.2, 0) is 0 Å². The van der Waals surface area contributed by atoms with E-state index in [1.165, 1.54) is 18.2 Å². The van der Waals surface area contributed by atoms with E-state index < -0.39 is 17.6 Å². The molecule has 5 nitrogen and oxygen atoms in total. The molecule has 0 bridgehead atoms. The zero-order valence-corrected chi connectivity index (χ0v) is 8.64. The zero-order valence-electron chi connectivity index (χ0n) is 7.05. The average molecular weight is 262 g/mol. The summed E-state index contributed by atoms with van der Waals surface area (Å²) < 4.78 is 0.344. The normalized spacial score (nSPS) is 12.5. The van der Waals surface area contributed by atoms with Crippen LogP contribution in [0.1, 0.15) is 11.7 Å². The molecule has 6 heteroatoms. The molecule has 0 aliphatic carbocycles. The molecule has 14 heavy (non-hydrogen) atoms. The van der Waals surface area contributed by atoms with E-state index in [0.717, 1.165) is 0 Å². The van der Waals surface area contributed by atoms with E-state index in [0.29, 0.717) is 10.0 Å². The van der Waals surface area contributed by atoms with Crippen LogP contribution >= 0.6 is 15.9 Å². The van der Waals surface area contributed by atoms with Crippen molar-refractivity contribution < 1.29 is 15.1 Å². The Kier molecular flexibility index (Phi) is 3.56. The van der Waals surface area contributed by atoms with Crippen molar-refractivity contribution in [3.8, 4) is 0 Å². The molecule has 0 saturated carbocycles. The third-order valence-corrected chi connectivity index (χ3v) is 2.40. The van der Waals surface area contributed by atoms with Crippen molar-refractivity contribution in [2.24, 2.45) is 0 Å². The SMILES string of the molecule is O=[N+]([O-])c1cc(C(O)CO)ccc1Br. The van der Waals surface area contributed by atoms with Crippen molar-refractivity contribution in [2.75, 3.05) is 6.61 Å². The fraction of sp³-hybridized carbons (Fsp3) is 0.250. The van der Waals surface area contributed by atoms with Crippen LogP contribution in [0, 0.1) is 10.1 Å². The molecule has 0 radical (unpaired) electrons. The van der Waals surface area contributed by atoms with Crippen LogP contribution in [-0.4, -0.2) is 21.7 Å². The summed E-state index contributed by atoms with van der Waals surface area (Å²) in [6.07, 6.45) is -1.08. The van der Waals surface area contributed by atoms with Crippen LogP contribution in [0.25, 0.3) is 0 Å². The fourth-order valence-corrected chi connectivity index (χ4v) is 1.37. The number of benzene rings is 1. The van der Waals surface area contributed by atoms with Gasteiger partial charge in [0.05, 0.1) is 16.0 Å². The van der Waals surface area contributed by atoms with Crippen molar-refractivity contribution in [3.63, 3.8) is 0 Å². The van der Waals surface area contributed by atoms with Crippen LogP contribution in [0.15, 0.2) is 22.7 Å². The van der Waals surface area contributed by atoms with E-state index >= 15 is 0 Å². The molecule has 1 unspecified atom stereocenters. The first-order valence-corrected chi connectivity index (χ1v) is 4.58. The van der Waals surface area contributed by atoms with E-state index in [4.69, 9.17) is 5.11 Å². The fourth-order valence-electron chi connectivity index (χ4n) is 0.982. The molecule has 0 spiro atoms. The molecule has 1 atom stereocenters. The Morgan fingerprint density at radius 2 is 2.21 bits per heavy atom. The maximum absolute atomic E-state index is 10.5. The summed E-state index contributed by atoms with van der Waals surface area (Å²) >= 11 is 3.02. The van der Waals surface area contributed by atoms with Gasteiger partial charge in [0.1, 0.15) is 6.10 Å². The number of hydrogen-bond acceptors (Lipinski definition) is 4. The standard InChI is InChI=1S/C8H8BrNO4/c9-6-2-1-5(8(12)4-11)3-7(6)10(13)14/h1-3,8,11-12H,4H2. The van der Waals surface area contributed by atoms with Crippen molar-refractivity contribution >= 4 is 21.6 Å². The highest BCUT2D eigenvalue weighted by Crippen LogP contribution is 2.27. The molecule has 0 saturated heterocycles. The number of aliphatic hydroxyl groups is 2. The second-order valence-electron chi connectivity index (χ2n) is 2.67. The molecule has 0 heterocycles. The zero-order chi connectivity index (χ0) is 10.7. The molecule has 1 aromatic carbocycles. The van der Waals surface area contributed by atoms with Crippen molar-refractivity contribution in [1.82, 2.24) is 0 Å². The van der Waals surface area contributed by atoms with E-state index in [1.807, 2.05) is 0 Å². The molecular weight excluding hydrogens is 254 g/mol. The van der Waals surface area contributed by atoms with Gasteiger partial charge in [0, 0.05) is 6.07 Å². The lowest BCUT2D eigenvalue weighted by Gasteiger charge is -2.07. The van der Waals surface area contributed by atoms with Crippen molar-refractivity contribution in [1.29, 1.82) is 0 Å². The van der Waals surface area contributed by atoms with Crippen LogP contribution in [0.4, 0.5) is 5.69 Å². The average Bonchev–Trinajstić information content (AvgIpc) is 2.17. The maximum atomic E-state index is 10.5. The number of nitrogens with zero attached hydrogens (tertiary/aromatic N) is 1. The van der Waals surface area contributed by atoms with Gasteiger partial charge in [-0.15, -0.1) is 0 Å². The summed E-state index contributed by atoms with van der Waals surface area (Å²) in [6.45, 7) is -0.460. The summed E-state index contributed by atoms with van der Waals surface area (Å²) in [5.41, 5.74) is 0.192. The molecule has 0 aliphatic heterocycles. The third kappa shape index (κ3) is 2.28. The Labute approximate surface area is 88.3 Å². The van der Waals surface area contributed by atoms with Gasteiger partial charge in [0.15, 0.2) is 0 Å². The Morgan fingerprint density at radius 1 is 1.57 bits per heavy atom. The number of rotatable bonds is 3. The summed E-state index contributed by atoms with van der Waals surface area (Å²) in [6, 6.07) is 4.20. The molecule has 0 aromatic heterocycles. The monoisotopic (exact) mass is 261 g/mol. The maximum Gasteiger partial charge on any atom is 0.283 e. The lowest BCUT2D eigenvalue weighted by molar-refractivity contribution is -0.385. The minimum atomic E-state index is -1.08. The van der Waals surface area contributed by atoms with Gasteiger partial charge in [-0.2, -0.15) is 0 Å². The predicted molar refractivity (Wildman–Crippen MR) is 52.8 cm³/mol. The predicted octanol–water partition coefficient (Wildman–Crippen LogP) is 1.38. The topological polar surface area (TPSA) is 83.6 Å². The Bertz CT molecular complexity index is 355. The van der Waals surface area contributed by atoms with E-state index in [1.54, 1.807) is 0 Å². The van der Waals surface area contributed by atoms with Gasteiger partial charge in [0.2, 0.25) is 0 Å². The van der Waals surface area contributed by atoms with Crippen LogP contribution in [0.5, 0.6) is 0 Å². The second-order valence-corrected chi connectivity index (χ2v) is 3.52. The lowest BCUT2D eigenvalue weighted by atomic mass is 10.1. The van der Waals surface area contributed by atoms with Crippen molar-refractivity contribution in [3.05, 3.63) is 38.3 Å². The van der Waals surface area contributed by atoms with Crippen LogP contribution in [0.2, 0.25) is 0 Å². The van der Waals surface area contributed by atoms with Gasteiger partial charge in [-0.25, -0.2) is 0 Å². The summed E-state index contributed by atoms with van der Waals surface area (Å²) in [4.78, 5) is 9.96. The number of hydrogen-bond donors (Lipinski definition) is 2. The first-order valence-electron chi connectivity index (χ1n) is 3.79. The Morgan fingerprint density at radius 3 is 2.71 bits per heavy atom. The smallest absolute Gasteiger partial charge is 0.283 e. The third-order valence-electron chi connectivity index (χ3n) is 1.72. The van der Waals surface area contributed by atoms with Gasteiger partial charge in [0.25, 0.3) is 5.69 Å². The molecule has 0 aliphatic rings. The first kappa shape index (κ1) is 11.1. The van der Waals surface area contributed by atoms with Gasteiger partial charge >= 0.3 is 0 Å². The molecule has 0 amide bonds. The molecule has 1 aromatic rings. The quantitative estimate of drug-likeness (QED) is 0.636. The Balaban J connectivity index is 3.12. The second kappa shape index (κ2) is 4.50. The van der Waals surface area contributed by atoms with E-state index in [9.17, 15) is 15.2 Å². The molecular formula is C8H8BrNO4. The molecule has 1 rings (SSSR count). The number of aliphatic hydroxyl groups excluding tert-OH is 2. The molecule has 0 fully saturated rings. The number of halogens is 1. The first-order chi connectivity index (χ1) is 6.56. The highest BCUT2D eigenvalue weighted by Gasteiger charge is 2.15. The minimum absolute atomic E-state index is 0.130. The van der Waals surface area contributed by atoms with Crippen LogP contribution in [0.3, 0.4) is 0 Å². The van der Waals surface area contributed by atoms with Gasteiger partial charge < -0.3 is 10.2 Å². The summed E-state index contributed by atoms with van der Waals surface area (Å²) in [5, 5.41) is 28.4. The number of nitro groups is 1. The van der Waals surface area contributed by atoms with Gasteiger partial charge in [-0.3, -0.25) is 10.1 Å². The minimum Gasteiger partial charge on any atom is -0.393 e. The summed E-state index contributed by atoms with van der Waals surface area (Å²) in [5.74, 6) is 0. The van der Waals surface area contributed by atoms with Crippen LogP contribution < -0.4 is 0 Å². The molecule has 76 valence electrons. The largest absolute Gasteiger partial charge is 0.393 e. The van der Waals surface area contributed by atoms with Crippen molar-refractivity contribution in [2.45, 2.75) is 6.10 Å². The Hall–Kier alpha value is -0.980. The van der Waals surface area contributed by atoms with E-state index in [-0.39, 0.29) is 5.69 Å².